The number of carbonyl (C=O) groups excluding carboxylic acids is 1. The summed E-state index contributed by atoms with van der Waals surface area (Å²) < 4.78 is 29.8. The molecule has 2 heterocycles. The van der Waals surface area contributed by atoms with Gasteiger partial charge in [-0.3, -0.25) is 4.79 Å². The molecule has 1 fully saturated rings. The van der Waals surface area contributed by atoms with E-state index in [4.69, 9.17) is 4.74 Å². The number of sulfonamides is 1. The summed E-state index contributed by atoms with van der Waals surface area (Å²) in [6.45, 7) is 1.54. The Morgan fingerprint density at radius 3 is 2.80 bits per heavy atom. The van der Waals surface area contributed by atoms with Crippen molar-refractivity contribution in [1.82, 2.24) is 9.62 Å². The first-order valence-electron chi connectivity index (χ1n) is 8.51. The highest BCUT2D eigenvalue weighted by atomic mass is 32.2. The fraction of sp³-hybridized carbons (Fsp3) is 0.588. The Labute approximate surface area is 148 Å². The Bertz CT molecular complexity index is 741. The van der Waals surface area contributed by atoms with Crippen molar-refractivity contribution in [3.05, 3.63) is 29.3 Å². The van der Waals surface area contributed by atoms with Crippen LogP contribution in [0.15, 0.2) is 18.2 Å². The largest absolute Gasteiger partial charge is 0.493 e. The topological polar surface area (TPSA) is 95.9 Å². The first-order chi connectivity index (χ1) is 11.8. The SMILES string of the molecule is CS(=O)(=O)N1CCC(C(=O)NC[C@H](O)c2ccc3c(c2)CCO3)CC1. The number of nitrogens with one attached hydrogen (secondary N) is 1. The highest BCUT2D eigenvalue weighted by Crippen LogP contribution is 2.28. The number of piperidine rings is 1. The molecule has 138 valence electrons. The predicted octanol–water partition coefficient (Wildman–Crippen LogP) is 0.443. The Kier molecular flexibility index (Phi) is 5.31. The van der Waals surface area contributed by atoms with Gasteiger partial charge >= 0.3 is 0 Å². The van der Waals surface area contributed by atoms with E-state index in [0.717, 1.165) is 23.3 Å². The van der Waals surface area contributed by atoms with Crippen LogP contribution >= 0.6 is 0 Å². The number of aliphatic hydroxyl groups excluding tert-OH is 1. The van der Waals surface area contributed by atoms with Crippen molar-refractivity contribution in [1.29, 1.82) is 0 Å². The number of amides is 1. The van der Waals surface area contributed by atoms with Gasteiger partial charge in [-0.15, -0.1) is 0 Å². The molecule has 1 aromatic rings. The second kappa shape index (κ2) is 7.31. The van der Waals surface area contributed by atoms with Gasteiger partial charge in [0.05, 0.1) is 19.0 Å². The van der Waals surface area contributed by atoms with Gasteiger partial charge in [0.15, 0.2) is 0 Å². The van der Waals surface area contributed by atoms with Crippen molar-refractivity contribution in [2.45, 2.75) is 25.4 Å². The summed E-state index contributed by atoms with van der Waals surface area (Å²) in [5, 5.41) is 13.1. The number of nitrogens with zero attached hydrogens (tertiary/aromatic N) is 1. The molecule has 2 N–H and O–H groups in total. The summed E-state index contributed by atoms with van der Waals surface area (Å²) in [6.07, 6.45) is 2.26. The third-order valence-electron chi connectivity index (χ3n) is 4.86. The number of aliphatic hydroxyl groups is 1. The van der Waals surface area contributed by atoms with Gasteiger partial charge in [0.2, 0.25) is 15.9 Å². The van der Waals surface area contributed by atoms with Crippen LogP contribution in [0, 0.1) is 5.92 Å². The summed E-state index contributed by atoms with van der Waals surface area (Å²) in [7, 11) is -3.19. The zero-order valence-electron chi connectivity index (χ0n) is 14.3. The fourth-order valence-electron chi connectivity index (χ4n) is 3.32. The molecule has 1 saturated heterocycles. The van der Waals surface area contributed by atoms with E-state index in [1.807, 2.05) is 18.2 Å². The van der Waals surface area contributed by atoms with Crippen LogP contribution in [0.5, 0.6) is 5.75 Å². The second-order valence-corrected chi connectivity index (χ2v) is 8.65. The number of hydrogen-bond donors (Lipinski definition) is 2. The van der Waals surface area contributed by atoms with E-state index < -0.39 is 16.1 Å². The van der Waals surface area contributed by atoms with Crippen molar-refractivity contribution in [3.8, 4) is 5.75 Å². The highest BCUT2D eigenvalue weighted by molar-refractivity contribution is 7.88. The minimum absolute atomic E-state index is 0.128. The van der Waals surface area contributed by atoms with Crippen LogP contribution in [0.4, 0.5) is 0 Å². The van der Waals surface area contributed by atoms with Gasteiger partial charge in [-0.2, -0.15) is 0 Å². The molecule has 25 heavy (non-hydrogen) atoms. The molecule has 0 spiro atoms. The van der Waals surface area contributed by atoms with E-state index in [0.29, 0.717) is 32.5 Å². The van der Waals surface area contributed by atoms with Crippen LogP contribution in [0.3, 0.4) is 0 Å². The molecule has 8 heteroatoms. The Hall–Kier alpha value is -1.64. The van der Waals surface area contributed by atoms with Gasteiger partial charge in [0.1, 0.15) is 5.75 Å². The molecule has 3 rings (SSSR count). The van der Waals surface area contributed by atoms with Gasteiger partial charge in [0.25, 0.3) is 0 Å². The molecule has 2 aliphatic rings. The number of benzene rings is 1. The predicted molar refractivity (Wildman–Crippen MR) is 92.8 cm³/mol. The Morgan fingerprint density at radius 2 is 2.12 bits per heavy atom. The molecule has 0 aliphatic carbocycles. The van der Waals surface area contributed by atoms with Crippen molar-refractivity contribution < 1.29 is 23.1 Å². The number of rotatable bonds is 5. The molecule has 2 aliphatic heterocycles. The summed E-state index contributed by atoms with van der Waals surface area (Å²) in [5.41, 5.74) is 1.84. The minimum atomic E-state index is -3.19. The lowest BCUT2D eigenvalue weighted by molar-refractivity contribution is -0.126. The Balaban J connectivity index is 1.49. The van der Waals surface area contributed by atoms with Crippen molar-refractivity contribution in [2.75, 3.05) is 32.5 Å². The standard InChI is InChI=1S/C17H24N2O5S/c1-25(22,23)19-7-4-12(5-8-19)17(21)18-11-15(20)13-2-3-16-14(10-13)6-9-24-16/h2-3,10,12,15,20H,4-9,11H2,1H3,(H,18,21)/t15-/m0/s1. The lowest BCUT2D eigenvalue weighted by Gasteiger charge is -2.29. The molecule has 1 atom stereocenters. The van der Waals surface area contributed by atoms with Crippen LogP contribution in [0.1, 0.15) is 30.1 Å². The van der Waals surface area contributed by atoms with Crippen molar-refractivity contribution in [3.63, 3.8) is 0 Å². The first-order valence-corrected chi connectivity index (χ1v) is 10.4. The molecule has 0 bridgehead atoms. The van der Waals surface area contributed by atoms with Gasteiger partial charge < -0.3 is 15.2 Å². The zero-order valence-corrected chi connectivity index (χ0v) is 15.1. The maximum Gasteiger partial charge on any atom is 0.223 e. The third-order valence-corrected chi connectivity index (χ3v) is 6.16. The monoisotopic (exact) mass is 368 g/mol. The van der Waals surface area contributed by atoms with Gasteiger partial charge in [-0.05, 0) is 36.1 Å². The molecular weight excluding hydrogens is 344 g/mol. The van der Waals surface area contributed by atoms with E-state index in [9.17, 15) is 18.3 Å². The van der Waals surface area contributed by atoms with Gasteiger partial charge in [0, 0.05) is 32.0 Å². The maximum atomic E-state index is 12.3. The number of carbonyl (C=O) groups is 1. The van der Waals surface area contributed by atoms with E-state index in [2.05, 4.69) is 5.32 Å². The molecule has 0 saturated carbocycles. The normalized spacial score (nSPS) is 19.9. The fourth-order valence-corrected chi connectivity index (χ4v) is 4.20. The summed E-state index contributed by atoms with van der Waals surface area (Å²) in [5.74, 6) is 0.521. The zero-order chi connectivity index (χ0) is 18.0. The minimum Gasteiger partial charge on any atom is -0.493 e. The highest BCUT2D eigenvalue weighted by Gasteiger charge is 2.29. The third kappa shape index (κ3) is 4.31. The first kappa shape index (κ1) is 18.2. The molecule has 1 aromatic carbocycles. The number of ether oxygens (including phenoxy) is 1. The van der Waals surface area contributed by atoms with Crippen LogP contribution in [0.2, 0.25) is 0 Å². The number of hydrogen-bond acceptors (Lipinski definition) is 5. The quantitative estimate of drug-likeness (QED) is 0.786. The lowest BCUT2D eigenvalue weighted by atomic mass is 9.97. The molecule has 0 radical (unpaired) electrons. The van der Waals surface area contributed by atoms with Gasteiger partial charge in [-0.25, -0.2) is 12.7 Å². The molecule has 7 nitrogen and oxygen atoms in total. The van der Waals surface area contributed by atoms with Crippen LogP contribution in [-0.4, -0.2) is 56.2 Å². The van der Waals surface area contributed by atoms with Crippen LogP contribution < -0.4 is 10.1 Å². The van der Waals surface area contributed by atoms with Crippen LogP contribution in [-0.2, 0) is 21.2 Å². The molecule has 0 aromatic heterocycles. The van der Waals surface area contributed by atoms with E-state index in [1.54, 1.807) is 0 Å². The van der Waals surface area contributed by atoms with Crippen molar-refractivity contribution >= 4 is 15.9 Å². The van der Waals surface area contributed by atoms with E-state index in [1.165, 1.54) is 10.6 Å². The molecule has 1 amide bonds. The maximum absolute atomic E-state index is 12.3. The van der Waals surface area contributed by atoms with E-state index >= 15 is 0 Å². The molecular formula is C17H24N2O5S. The summed E-state index contributed by atoms with van der Waals surface area (Å²) in [4.78, 5) is 12.3. The van der Waals surface area contributed by atoms with Crippen molar-refractivity contribution in [2.24, 2.45) is 5.92 Å². The average Bonchev–Trinajstić information content (AvgIpc) is 3.06. The van der Waals surface area contributed by atoms with Crippen LogP contribution in [0.25, 0.3) is 0 Å². The Morgan fingerprint density at radius 1 is 1.40 bits per heavy atom. The van der Waals surface area contributed by atoms with Gasteiger partial charge in [-0.1, -0.05) is 6.07 Å². The lowest BCUT2D eigenvalue weighted by Crippen LogP contribution is -2.43. The van der Waals surface area contributed by atoms with E-state index in [-0.39, 0.29) is 18.4 Å². The number of fused-ring (bicyclic) bond motifs is 1. The average molecular weight is 368 g/mol. The summed E-state index contributed by atoms with van der Waals surface area (Å²) in [6, 6.07) is 5.58. The summed E-state index contributed by atoms with van der Waals surface area (Å²) >= 11 is 0. The second-order valence-electron chi connectivity index (χ2n) is 6.66. The molecule has 0 unspecified atom stereocenters. The smallest absolute Gasteiger partial charge is 0.223 e.